The highest BCUT2D eigenvalue weighted by atomic mass is 32.2. The van der Waals surface area contributed by atoms with E-state index in [1.165, 1.54) is 36.4 Å². The van der Waals surface area contributed by atoms with Gasteiger partial charge in [-0.1, -0.05) is 70.2 Å². The molecule has 2 N–H and O–H groups in total. The number of thioether (sulfide) groups is 1. The van der Waals surface area contributed by atoms with E-state index in [0.717, 1.165) is 37.3 Å². The van der Waals surface area contributed by atoms with E-state index in [0.29, 0.717) is 0 Å². The molecule has 0 radical (unpaired) electrons. The van der Waals surface area contributed by atoms with E-state index in [4.69, 9.17) is 18.0 Å². The van der Waals surface area contributed by atoms with Crippen molar-refractivity contribution in [2.24, 2.45) is 34.3 Å². The van der Waals surface area contributed by atoms with Crippen molar-refractivity contribution in [2.45, 2.75) is 71.3 Å². The van der Waals surface area contributed by atoms with E-state index in [-0.39, 0.29) is 22.3 Å². The number of piperidine rings is 1. The van der Waals surface area contributed by atoms with Gasteiger partial charge >= 0.3 is 0 Å². The molecule has 1 aliphatic heterocycles. The number of benzene rings is 1. The molecule has 0 amide bonds. The molecule has 4 rings (SSSR count). The van der Waals surface area contributed by atoms with Crippen molar-refractivity contribution in [1.82, 2.24) is 4.90 Å². The molecule has 4 heteroatoms. The summed E-state index contributed by atoms with van der Waals surface area (Å²) >= 11 is 8.37. The van der Waals surface area contributed by atoms with Gasteiger partial charge in [0.1, 0.15) is 0 Å². The summed E-state index contributed by atoms with van der Waals surface area (Å²) in [4.78, 5) is 3.75. The Hall–Kier alpha value is -0.580. The van der Waals surface area contributed by atoms with Crippen LogP contribution in [0, 0.1) is 28.6 Å². The van der Waals surface area contributed by atoms with Gasteiger partial charge in [-0.05, 0) is 78.3 Å². The Bertz CT molecular complexity index is 790. The van der Waals surface area contributed by atoms with Gasteiger partial charge in [0, 0.05) is 24.5 Å². The van der Waals surface area contributed by atoms with Crippen LogP contribution in [0.2, 0.25) is 0 Å². The molecular weight excluding hydrogens is 416 g/mol. The first kappa shape index (κ1) is 23.6. The van der Waals surface area contributed by atoms with E-state index in [1.807, 2.05) is 11.8 Å². The molecule has 1 aromatic rings. The van der Waals surface area contributed by atoms with E-state index in [9.17, 15) is 0 Å². The lowest BCUT2D eigenvalue weighted by Gasteiger charge is -2.59. The molecule has 2 bridgehead atoms. The second-order valence-corrected chi connectivity index (χ2v) is 13.3. The van der Waals surface area contributed by atoms with Crippen LogP contribution in [-0.4, -0.2) is 41.0 Å². The summed E-state index contributed by atoms with van der Waals surface area (Å²) in [6.45, 7) is 11.6. The molecule has 0 aromatic heterocycles. The van der Waals surface area contributed by atoms with Crippen molar-refractivity contribution in [3.05, 3.63) is 35.9 Å². The predicted molar refractivity (Wildman–Crippen MR) is 140 cm³/mol. The Kier molecular flexibility index (Phi) is 6.58. The first-order valence-electron chi connectivity index (χ1n) is 12.2. The van der Waals surface area contributed by atoms with Crippen molar-refractivity contribution in [2.75, 3.05) is 25.1 Å². The van der Waals surface area contributed by atoms with E-state index >= 15 is 0 Å². The lowest BCUT2D eigenvalue weighted by atomic mass is 9.48. The fourth-order valence-corrected chi connectivity index (χ4v) is 8.75. The summed E-state index contributed by atoms with van der Waals surface area (Å²) in [5.41, 5.74) is 8.47. The molecule has 2 saturated carbocycles. The highest BCUT2D eigenvalue weighted by molar-refractivity contribution is 7.98. The summed E-state index contributed by atoms with van der Waals surface area (Å²) in [5, 5.41) is 0. The minimum atomic E-state index is 0.0857. The highest BCUT2D eigenvalue weighted by Crippen LogP contribution is 2.60. The Balaban J connectivity index is 1.67. The second-order valence-electron chi connectivity index (χ2n) is 12.0. The average molecular weight is 459 g/mol. The minimum absolute atomic E-state index is 0.0857. The van der Waals surface area contributed by atoms with Crippen LogP contribution in [0.15, 0.2) is 30.3 Å². The summed E-state index contributed by atoms with van der Waals surface area (Å²) < 4.78 is 0. The molecule has 3 fully saturated rings. The smallest absolute Gasteiger partial charge is 0.0839 e. The van der Waals surface area contributed by atoms with Crippen LogP contribution in [0.5, 0.6) is 0 Å². The molecule has 2 nitrogen and oxygen atoms in total. The number of hydrogen-bond donors (Lipinski definition) is 1. The largest absolute Gasteiger partial charge is 0.365 e. The second kappa shape index (κ2) is 8.65. The molecule has 6 atom stereocenters. The Morgan fingerprint density at radius 2 is 1.87 bits per heavy atom. The molecule has 3 aliphatic rings. The zero-order valence-corrected chi connectivity index (χ0v) is 21.8. The SMILES string of the molecule is CSCC1C(C)CC2(c3ccccc3)CC1CC(C)(C(=S)N1CCC(N)C(C)(C)C1)C2. The molecule has 1 heterocycles. The van der Waals surface area contributed by atoms with Crippen LogP contribution < -0.4 is 5.73 Å². The third-order valence-corrected chi connectivity index (χ3v) is 10.5. The van der Waals surface area contributed by atoms with Gasteiger partial charge in [-0.25, -0.2) is 0 Å². The third kappa shape index (κ3) is 4.34. The third-order valence-electron chi connectivity index (χ3n) is 9.00. The monoisotopic (exact) mass is 458 g/mol. The molecule has 6 unspecified atom stereocenters. The van der Waals surface area contributed by atoms with Crippen LogP contribution in [0.4, 0.5) is 0 Å². The number of fused-ring (bicyclic) bond motifs is 2. The first-order chi connectivity index (χ1) is 14.6. The van der Waals surface area contributed by atoms with E-state index in [2.05, 4.69) is 69.2 Å². The number of likely N-dealkylation sites (tertiary alicyclic amines) is 1. The Morgan fingerprint density at radius 3 is 2.52 bits per heavy atom. The van der Waals surface area contributed by atoms with Gasteiger partial charge in [0.05, 0.1) is 4.99 Å². The highest BCUT2D eigenvalue weighted by Gasteiger charge is 2.55. The summed E-state index contributed by atoms with van der Waals surface area (Å²) in [5.74, 6) is 3.62. The fourth-order valence-electron chi connectivity index (χ4n) is 7.45. The number of thiocarbonyl (C=S) groups is 1. The number of hydrogen-bond acceptors (Lipinski definition) is 3. The van der Waals surface area contributed by atoms with E-state index in [1.54, 1.807) is 5.56 Å². The fraction of sp³-hybridized carbons (Fsp3) is 0.741. The number of nitrogens with zero attached hydrogens (tertiary/aromatic N) is 1. The molecule has 2 aliphatic carbocycles. The summed E-state index contributed by atoms with van der Waals surface area (Å²) in [7, 11) is 0. The van der Waals surface area contributed by atoms with Crippen LogP contribution in [0.3, 0.4) is 0 Å². The molecule has 172 valence electrons. The van der Waals surface area contributed by atoms with Gasteiger partial charge < -0.3 is 10.6 Å². The molecule has 0 spiro atoms. The van der Waals surface area contributed by atoms with Gasteiger partial charge in [-0.15, -0.1) is 0 Å². The summed E-state index contributed by atoms with van der Waals surface area (Å²) in [6, 6.07) is 11.7. The number of nitrogens with two attached hydrogens (primary N) is 1. The predicted octanol–water partition coefficient (Wildman–Crippen LogP) is 6.14. The van der Waals surface area contributed by atoms with Crippen LogP contribution in [-0.2, 0) is 5.41 Å². The lowest BCUT2D eigenvalue weighted by Crippen LogP contribution is -2.59. The Labute approximate surface area is 200 Å². The molecule has 1 aromatic carbocycles. The van der Waals surface area contributed by atoms with Crippen LogP contribution in [0.1, 0.15) is 65.4 Å². The van der Waals surface area contributed by atoms with Crippen molar-refractivity contribution < 1.29 is 0 Å². The van der Waals surface area contributed by atoms with Crippen molar-refractivity contribution in [3.63, 3.8) is 0 Å². The molecule has 1 saturated heterocycles. The van der Waals surface area contributed by atoms with Crippen molar-refractivity contribution in [3.8, 4) is 0 Å². The average Bonchev–Trinajstić information content (AvgIpc) is 2.72. The topological polar surface area (TPSA) is 29.3 Å². The van der Waals surface area contributed by atoms with Gasteiger partial charge in [-0.2, -0.15) is 11.8 Å². The zero-order valence-electron chi connectivity index (χ0n) is 20.2. The van der Waals surface area contributed by atoms with Crippen LogP contribution >= 0.6 is 24.0 Å². The Morgan fingerprint density at radius 1 is 1.16 bits per heavy atom. The van der Waals surface area contributed by atoms with Gasteiger partial charge in [0.15, 0.2) is 0 Å². The van der Waals surface area contributed by atoms with Gasteiger partial charge in [0.25, 0.3) is 0 Å². The molecule has 31 heavy (non-hydrogen) atoms. The minimum Gasteiger partial charge on any atom is -0.365 e. The summed E-state index contributed by atoms with van der Waals surface area (Å²) in [6.07, 6.45) is 8.40. The molecular formula is C27H42N2S2. The maximum atomic E-state index is 6.45. The maximum Gasteiger partial charge on any atom is 0.0839 e. The quantitative estimate of drug-likeness (QED) is 0.549. The zero-order chi connectivity index (χ0) is 22.4. The van der Waals surface area contributed by atoms with Gasteiger partial charge in [0.2, 0.25) is 0 Å². The standard InChI is InChI=1S/C27H42N2S2/c1-19-13-27(21-9-7-6-8-10-21)15-20(22(19)16-31-5)14-26(4,17-27)24(30)29-12-11-23(28)25(2,3)18-29/h6-10,19-20,22-23H,11-18,28H2,1-5H3. The number of rotatable bonds is 4. The van der Waals surface area contributed by atoms with Gasteiger partial charge in [-0.3, -0.25) is 0 Å². The first-order valence-corrected chi connectivity index (χ1v) is 14.0. The lowest BCUT2D eigenvalue weighted by molar-refractivity contribution is 0.00816. The van der Waals surface area contributed by atoms with Crippen LogP contribution in [0.25, 0.3) is 0 Å². The normalized spacial score (nSPS) is 39.9. The van der Waals surface area contributed by atoms with Crippen molar-refractivity contribution in [1.29, 1.82) is 0 Å². The van der Waals surface area contributed by atoms with Crippen molar-refractivity contribution >= 4 is 29.0 Å². The van der Waals surface area contributed by atoms with E-state index < -0.39 is 0 Å². The maximum absolute atomic E-state index is 6.45.